The van der Waals surface area contributed by atoms with Crippen molar-refractivity contribution in [3.63, 3.8) is 0 Å². The number of hydrogen-bond donors (Lipinski definition) is 1. The van der Waals surface area contributed by atoms with Crippen molar-refractivity contribution in [2.24, 2.45) is 5.92 Å². The Morgan fingerprint density at radius 1 is 1.29 bits per heavy atom. The highest BCUT2D eigenvalue weighted by Gasteiger charge is 2.11. The van der Waals surface area contributed by atoms with Crippen molar-refractivity contribution in [3.05, 3.63) is 0 Å². The molecule has 0 amide bonds. The Bertz CT molecular complexity index is 124. The van der Waals surface area contributed by atoms with Gasteiger partial charge in [-0.1, -0.05) is 0 Å². The van der Waals surface area contributed by atoms with Gasteiger partial charge in [0.15, 0.2) is 0 Å². The molecule has 0 aromatic carbocycles. The van der Waals surface area contributed by atoms with E-state index in [9.17, 15) is 0 Å². The highest BCUT2D eigenvalue weighted by molar-refractivity contribution is 4.68. The van der Waals surface area contributed by atoms with Crippen LogP contribution in [0.3, 0.4) is 0 Å². The maximum Gasteiger partial charge on any atom is 0.0487 e. The molecule has 1 N–H and O–H groups in total. The average Bonchev–Trinajstić information content (AvgIpc) is 2.25. The summed E-state index contributed by atoms with van der Waals surface area (Å²) in [5, 5.41) is 3.42. The Labute approximate surface area is 87.2 Å². The first-order valence-corrected chi connectivity index (χ1v) is 5.71. The number of ether oxygens (including phenoxy) is 2. The first-order valence-electron chi connectivity index (χ1n) is 5.71. The third-order valence-corrected chi connectivity index (χ3v) is 2.71. The third kappa shape index (κ3) is 5.58. The summed E-state index contributed by atoms with van der Waals surface area (Å²) < 4.78 is 10.5. The summed E-state index contributed by atoms with van der Waals surface area (Å²) in [7, 11) is 1.73. The zero-order valence-electron chi connectivity index (χ0n) is 9.26. The number of methoxy groups -OCH3 is 1. The van der Waals surface area contributed by atoms with E-state index in [4.69, 9.17) is 9.47 Å². The van der Waals surface area contributed by atoms with Gasteiger partial charge in [0.2, 0.25) is 0 Å². The fourth-order valence-electron chi connectivity index (χ4n) is 1.83. The van der Waals surface area contributed by atoms with Crippen molar-refractivity contribution in [3.8, 4) is 0 Å². The molecule has 3 nitrogen and oxygen atoms in total. The monoisotopic (exact) mass is 201 g/mol. The molecule has 0 unspecified atom stereocenters. The lowest BCUT2D eigenvalue weighted by Gasteiger charge is -2.22. The standard InChI is InChI=1S/C11H23NO2/c1-13-7-3-8-14-9-5-11-4-2-6-12-10-11/h11-12H,2-10H2,1H3/t11-/m0/s1. The van der Waals surface area contributed by atoms with E-state index >= 15 is 0 Å². The van der Waals surface area contributed by atoms with E-state index < -0.39 is 0 Å². The predicted octanol–water partition coefficient (Wildman–Crippen LogP) is 1.43. The van der Waals surface area contributed by atoms with Crippen molar-refractivity contribution < 1.29 is 9.47 Å². The Kier molecular flexibility index (Phi) is 7.01. The summed E-state index contributed by atoms with van der Waals surface area (Å²) in [4.78, 5) is 0. The topological polar surface area (TPSA) is 30.5 Å². The lowest BCUT2D eigenvalue weighted by Crippen LogP contribution is -2.30. The molecule has 1 aliphatic heterocycles. The molecule has 1 aliphatic rings. The fourth-order valence-corrected chi connectivity index (χ4v) is 1.83. The Hall–Kier alpha value is -0.120. The van der Waals surface area contributed by atoms with E-state index in [2.05, 4.69) is 5.32 Å². The van der Waals surface area contributed by atoms with E-state index in [0.717, 1.165) is 32.2 Å². The molecule has 0 bridgehead atoms. The van der Waals surface area contributed by atoms with Gasteiger partial charge in [0.25, 0.3) is 0 Å². The number of piperidine rings is 1. The second-order valence-corrected chi connectivity index (χ2v) is 3.96. The summed E-state index contributed by atoms with van der Waals surface area (Å²) in [6.45, 7) is 4.95. The molecule has 1 rings (SSSR count). The number of hydrogen-bond acceptors (Lipinski definition) is 3. The van der Waals surface area contributed by atoms with Crippen LogP contribution in [0, 0.1) is 5.92 Å². The van der Waals surface area contributed by atoms with E-state index in [0.29, 0.717) is 0 Å². The van der Waals surface area contributed by atoms with Gasteiger partial charge in [-0.25, -0.2) is 0 Å². The van der Waals surface area contributed by atoms with Crippen molar-refractivity contribution in [2.45, 2.75) is 25.7 Å². The van der Waals surface area contributed by atoms with Crippen LogP contribution in [0.1, 0.15) is 25.7 Å². The van der Waals surface area contributed by atoms with Gasteiger partial charge in [0.1, 0.15) is 0 Å². The molecule has 1 heterocycles. The van der Waals surface area contributed by atoms with Gasteiger partial charge in [0, 0.05) is 26.9 Å². The lowest BCUT2D eigenvalue weighted by molar-refractivity contribution is 0.0913. The largest absolute Gasteiger partial charge is 0.385 e. The summed E-state index contributed by atoms with van der Waals surface area (Å²) in [6.07, 6.45) is 4.92. The van der Waals surface area contributed by atoms with Crippen LogP contribution in [0.4, 0.5) is 0 Å². The Morgan fingerprint density at radius 3 is 2.93 bits per heavy atom. The molecule has 3 heteroatoms. The Balaban J connectivity index is 1.82. The lowest BCUT2D eigenvalue weighted by atomic mass is 9.97. The van der Waals surface area contributed by atoms with Gasteiger partial charge >= 0.3 is 0 Å². The zero-order valence-corrected chi connectivity index (χ0v) is 9.26. The van der Waals surface area contributed by atoms with Crippen LogP contribution in [0.5, 0.6) is 0 Å². The maximum atomic E-state index is 5.53. The molecular weight excluding hydrogens is 178 g/mol. The quantitative estimate of drug-likeness (QED) is 0.632. The van der Waals surface area contributed by atoms with Crippen molar-refractivity contribution in [1.82, 2.24) is 5.32 Å². The molecule has 1 fully saturated rings. The minimum atomic E-state index is 0.811. The molecule has 14 heavy (non-hydrogen) atoms. The fraction of sp³-hybridized carbons (Fsp3) is 1.00. The first kappa shape index (κ1) is 12.0. The van der Waals surface area contributed by atoms with Crippen molar-refractivity contribution in [1.29, 1.82) is 0 Å². The van der Waals surface area contributed by atoms with Crippen LogP contribution in [0.25, 0.3) is 0 Å². The van der Waals surface area contributed by atoms with Gasteiger partial charge in [-0.05, 0) is 44.7 Å². The van der Waals surface area contributed by atoms with Crippen LogP contribution in [0.15, 0.2) is 0 Å². The summed E-state index contributed by atoms with van der Waals surface area (Å²) in [5.41, 5.74) is 0. The first-order chi connectivity index (χ1) is 6.93. The summed E-state index contributed by atoms with van der Waals surface area (Å²) >= 11 is 0. The van der Waals surface area contributed by atoms with Crippen molar-refractivity contribution >= 4 is 0 Å². The van der Waals surface area contributed by atoms with Crippen LogP contribution in [0.2, 0.25) is 0 Å². The zero-order chi connectivity index (χ0) is 10.1. The maximum absolute atomic E-state index is 5.53. The molecular formula is C11H23NO2. The van der Waals surface area contributed by atoms with E-state index in [-0.39, 0.29) is 0 Å². The van der Waals surface area contributed by atoms with Crippen molar-refractivity contribution in [2.75, 3.05) is 40.0 Å². The normalized spacial score (nSPS) is 22.5. The molecule has 0 spiro atoms. The highest BCUT2D eigenvalue weighted by atomic mass is 16.5. The third-order valence-electron chi connectivity index (χ3n) is 2.71. The molecule has 84 valence electrons. The van der Waals surface area contributed by atoms with Gasteiger partial charge in [-0.15, -0.1) is 0 Å². The average molecular weight is 201 g/mol. The van der Waals surface area contributed by atoms with Crippen LogP contribution >= 0.6 is 0 Å². The van der Waals surface area contributed by atoms with E-state index in [1.165, 1.54) is 32.4 Å². The van der Waals surface area contributed by atoms with E-state index in [1.807, 2.05) is 0 Å². The molecule has 1 atom stereocenters. The molecule has 1 saturated heterocycles. The molecule has 0 saturated carbocycles. The second kappa shape index (κ2) is 8.21. The highest BCUT2D eigenvalue weighted by Crippen LogP contribution is 2.13. The molecule has 0 radical (unpaired) electrons. The minimum Gasteiger partial charge on any atom is -0.385 e. The van der Waals surface area contributed by atoms with Gasteiger partial charge in [-0.3, -0.25) is 0 Å². The van der Waals surface area contributed by atoms with E-state index in [1.54, 1.807) is 7.11 Å². The smallest absolute Gasteiger partial charge is 0.0487 e. The molecule has 0 aromatic rings. The van der Waals surface area contributed by atoms with Crippen LogP contribution in [-0.4, -0.2) is 40.0 Å². The van der Waals surface area contributed by atoms with Gasteiger partial charge < -0.3 is 14.8 Å². The molecule has 0 aromatic heterocycles. The van der Waals surface area contributed by atoms with Gasteiger partial charge in [0.05, 0.1) is 0 Å². The van der Waals surface area contributed by atoms with Gasteiger partial charge in [-0.2, -0.15) is 0 Å². The van der Waals surface area contributed by atoms with Crippen LogP contribution in [-0.2, 0) is 9.47 Å². The van der Waals surface area contributed by atoms with Crippen LogP contribution < -0.4 is 5.32 Å². The minimum absolute atomic E-state index is 0.811. The summed E-state index contributed by atoms with van der Waals surface area (Å²) in [5.74, 6) is 0.839. The Morgan fingerprint density at radius 2 is 2.21 bits per heavy atom. The number of nitrogens with one attached hydrogen (secondary N) is 1. The summed E-state index contributed by atoms with van der Waals surface area (Å²) in [6, 6.07) is 0. The SMILES string of the molecule is COCCCOCC[C@@H]1CCCNC1. The second-order valence-electron chi connectivity index (χ2n) is 3.96. The number of rotatable bonds is 7. The molecule has 0 aliphatic carbocycles. The predicted molar refractivity (Wildman–Crippen MR) is 57.5 cm³/mol.